The zero-order valence-electron chi connectivity index (χ0n) is 11.2. The molecule has 2 rings (SSSR count). The lowest BCUT2D eigenvalue weighted by Gasteiger charge is -2.24. The summed E-state index contributed by atoms with van der Waals surface area (Å²) in [5, 5.41) is 3.07. The van der Waals surface area contributed by atoms with Gasteiger partial charge in [-0.05, 0) is 26.8 Å². The van der Waals surface area contributed by atoms with Crippen LogP contribution in [0.4, 0.5) is 5.82 Å². The van der Waals surface area contributed by atoms with Gasteiger partial charge in [0.1, 0.15) is 5.82 Å². The third-order valence-corrected chi connectivity index (χ3v) is 3.20. The number of ether oxygens (including phenoxy) is 1. The van der Waals surface area contributed by atoms with E-state index in [1.54, 1.807) is 0 Å². The first-order chi connectivity index (χ1) is 8.83. The lowest BCUT2D eigenvalue weighted by Crippen LogP contribution is -2.32. The van der Waals surface area contributed by atoms with Gasteiger partial charge < -0.3 is 15.0 Å². The molecule has 18 heavy (non-hydrogen) atoms. The molecule has 1 N–H and O–H groups in total. The van der Waals surface area contributed by atoms with E-state index < -0.39 is 0 Å². The van der Waals surface area contributed by atoms with E-state index in [9.17, 15) is 0 Å². The Morgan fingerprint density at radius 2 is 2.33 bits per heavy atom. The third-order valence-electron chi connectivity index (χ3n) is 3.20. The molecule has 0 bridgehead atoms. The highest BCUT2D eigenvalue weighted by molar-refractivity contribution is 5.35. The number of likely N-dealkylation sites (N-methyl/N-ethyl adjacent to an activating group) is 1. The maximum absolute atomic E-state index is 5.67. The Labute approximate surface area is 109 Å². The van der Waals surface area contributed by atoms with Gasteiger partial charge in [0.25, 0.3) is 0 Å². The normalized spacial score (nSPS) is 19.1. The van der Waals surface area contributed by atoms with Gasteiger partial charge in [-0.1, -0.05) is 0 Å². The molecule has 0 aromatic carbocycles. The summed E-state index contributed by atoms with van der Waals surface area (Å²) in [6, 6.07) is 0. The van der Waals surface area contributed by atoms with Crippen LogP contribution in [0.1, 0.15) is 25.5 Å². The predicted octanol–water partition coefficient (Wildman–Crippen LogP) is 1.20. The molecular formula is C13H22N4O. The maximum Gasteiger partial charge on any atom is 0.147 e. The van der Waals surface area contributed by atoms with Crippen molar-refractivity contribution in [1.29, 1.82) is 0 Å². The first-order valence-corrected chi connectivity index (χ1v) is 6.65. The first kappa shape index (κ1) is 13.2. The molecule has 5 nitrogen and oxygen atoms in total. The van der Waals surface area contributed by atoms with Crippen LogP contribution in [0.5, 0.6) is 0 Å². The van der Waals surface area contributed by atoms with Crippen LogP contribution in [0.2, 0.25) is 0 Å². The minimum atomic E-state index is 0.351. The summed E-state index contributed by atoms with van der Waals surface area (Å²) in [6.45, 7) is 5.63. The molecule has 1 fully saturated rings. The Hall–Kier alpha value is -1.20. The number of nitrogens with one attached hydrogen (secondary N) is 1. The van der Waals surface area contributed by atoms with Crippen molar-refractivity contribution in [3.63, 3.8) is 0 Å². The summed E-state index contributed by atoms with van der Waals surface area (Å²) in [5.41, 5.74) is 0.967. The van der Waals surface area contributed by atoms with E-state index in [4.69, 9.17) is 4.74 Å². The Morgan fingerprint density at radius 3 is 2.89 bits per heavy atom. The van der Waals surface area contributed by atoms with Gasteiger partial charge >= 0.3 is 0 Å². The van der Waals surface area contributed by atoms with Crippen LogP contribution in [0.25, 0.3) is 0 Å². The average molecular weight is 250 g/mol. The van der Waals surface area contributed by atoms with Gasteiger partial charge in [-0.3, -0.25) is 4.98 Å². The third kappa shape index (κ3) is 3.40. The number of nitrogens with zero attached hydrogens (tertiary/aromatic N) is 3. The standard InChI is InChI=1S/C13H22N4O/c1-3-17(10-12-5-4-6-18-12)13-9-15-11(7-14-2)8-16-13/h8-9,12,14H,3-7,10H2,1-2H3. The molecular weight excluding hydrogens is 228 g/mol. The van der Waals surface area contributed by atoms with Gasteiger partial charge in [0, 0.05) is 26.2 Å². The van der Waals surface area contributed by atoms with Gasteiger partial charge in [0.15, 0.2) is 0 Å². The number of rotatable bonds is 6. The molecule has 5 heteroatoms. The minimum absolute atomic E-state index is 0.351. The van der Waals surface area contributed by atoms with E-state index in [0.29, 0.717) is 6.10 Å². The highest BCUT2D eigenvalue weighted by atomic mass is 16.5. The van der Waals surface area contributed by atoms with Crippen LogP contribution < -0.4 is 10.2 Å². The predicted molar refractivity (Wildman–Crippen MR) is 71.7 cm³/mol. The molecule has 0 spiro atoms. The number of aromatic nitrogens is 2. The molecule has 1 atom stereocenters. The second-order valence-electron chi connectivity index (χ2n) is 4.57. The minimum Gasteiger partial charge on any atom is -0.376 e. The van der Waals surface area contributed by atoms with Gasteiger partial charge in [0.05, 0.1) is 24.2 Å². The van der Waals surface area contributed by atoms with Crippen molar-refractivity contribution < 1.29 is 4.74 Å². The molecule has 1 aromatic rings. The molecule has 2 heterocycles. The van der Waals surface area contributed by atoms with Gasteiger partial charge in [0.2, 0.25) is 0 Å². The largest absolute Gasteiger partial charge is 0.376 e. The Balaban J connectivity index is 1.97. The summed E-state index contributed by atoms with van der Waals surface area (Å²) >= 11 is 0. The summed E-state index contributed by atoms with van der Waals surface area (Å²) in [5.74, 6) is 0.938. The number of anilines is 1. The van der Waals surface area contributed by atoms with E-state index in [1.165, 1.54) is 6.42 Å². The molecule has 1 aliphatic heterocycles. The first-order valence-electron chi connectivity index (χ1n) is 6.65. The molecule has 0 radical (unpaired) electrons. The lowest BCUT2D eigenvalue weighted by molar-refractivity contribution is 0.115. The number of hydrogen-bond acceptors (Lipinski definition) is 5. The average Bonchev–Trinajstić information content (AvgIpc) is 2.90. The fourth-order valence-corrected chi connectivity index (χ4v) is 2.20. The fourth-order valence-electron chi connectivity index (χ4n) is 2.20. The molecule has 1 aromatic heterocycles. The summed E-state index contributed by atoms with van der Waals surface area (Å²) < 4.78 is 5.67. The smallest absolute Gasteiger partial charge is 0.147 e. The second kappa shape index (κ2) is 6.66. The Bertz CT molecular complexity index is 349. The monoisotopic (exact) mass is 250 g/mol. The molecule has 0 amide bonds. The van der Waals surface area contributed by atoms with Crippen molar-refractivity contribution in [2.75, 3.05) is 31.6 Å². The zero-order valence-corrected chi connectivity index (χ0v) is 11.2. The van der Waals surface area contributed by atoms with Crippen LogP contribution in [-0.2, 0) is 11.3 Å². The summed E-state index contributed by atoms with van der Waals surface area (Å²) in [4.78, 5) is 11.1. The SMILES string of the molecule is CCN(CC1CCCO1)c1cnc(CNC)cn1. The van der Waals surface area contributed by atoms with Crippen LogP contribution >= 0.6 is 0 Å². The van der Waals surface area contributed by atoms with Crippen LogP contribution in [-0.4, -0.2) is 42.8 Å². The van der Waals surface area contributed by atoms with Crippen molar-refractivity contribution in [2.24, 2.45) is 0 Å². The second-order valence-corrected chi connectivity index (χ2v) is 4.57. The van der Waals surface area contributed by atoms with Crippen LogP contribution in [0.3, 0.4) is 0 Å². The topological polar surface area (TPSA) is 50.3 Å². The van der Waals surface area contributed by atoms with Gasteiger partial charge in [-0.25, -0.2) is 4.98 Å². The number of hydrogen-bond donors (Lipinski definition) is 1. The summed E-state index contributed by atoms with van der Waals surface area (Å²) in [6.07, 6.45) is 6.37. The van der Waals surface area contributed by atoms with E-state index in [2.05, 4.69) is 27.1 Å². The quantitative estimate of drug-likeness (QED) is 0.822. The van der Waals surface area contributed by atoms with Gasteiger partial charge in [-0.15, -0.1) is 0 Å². The highest BCUT2D eigenvalue weighted by Crippen LogP contribution is 2.16. The highest BCUT2D eigenvalue weighted by Gasteiger charge is 2.19. The lowest BCUT2D eigenvalue weighted by atomic mass is 10.2. The van der Waals surface area contributed by atoms with Gasteiger partial charge in [-0.2, -0.15) is 0 Å². The van der Waals surface area contributed by atoms with E-state index in [0.717, 1.165) is 44.2 Å². The van der Waals surface area contributed by atoms with Crippen molar-refractivity contribution >= 4 is 5.82 Å². The molecule has 0 aliphatic carbocycles. The Kier molecular flexibility index (Phi) is 4.90. The summed E-state index contributed by atoms with van der Waals surface area (Å²) in [7, 11) is 1.91. The maximum atomic E-state index is 5.67. The zero-order chi connectivity index (χ0) is 12.8. The fraction of sp³-hybridized carbons (Fsp3) is 0.692. The molecule has 100 valence electrons. The molecule has 0 saturated carbocycles. The molecule has 1 saturated heterocycles. The molecule has 1 unspecified atom stereocenters. The van der Waals surface area contributed by atoms with Crippen molar-refractivity contribution in [1.82, 2.24) is 15.3 Å². The van der Waals surface area contributed by atoms with Crippen molar-refractivity contribution in [2.45, 2.75) is 32.4 Å². The van der Waals surface area contributed by atoms with Crippen LogP contribution in [0, 0.1) is 0 Å². The van der Waals surface area contributed by atoms with Crippen molar-refractivity contribution in [3.8, 4) is 0 Å². The van der Waals surface area contributed by atoms with E-state index in [1.807, 2.05) is 19.4 Å². The van der Waals surface area contributed by atoms with Crippen molar-refractivity contribution in [3.05, 3.63) is 18.1 Å². The molecule has 1 aliphatic rings. The van der Waals surface area contributed by atoms with Crippen LogP contribution in [0.15, 0.2) is 12.4 Å². The van der Waals surface area contributed by atoms with E-state index >= 15 is 0 Å². The van der Waals surface area contributed by atoms with E-state index in [-0.39, 0.29) is 0 Å². The Morgan fingerprint density at radius 1 is 1.44 bits per heavy atom.